The van der Waals surface area contributed by atoms with Crippen molar-refractivity contribution in [2.45, 2.75) is 18.5 Å². The average Bonchev–Trinajstić information content (AvgIpc) is 2.56. The van der Waals surface area contributed by atoms with Crippen LogP contribution in [0.4, 0.5) is 14.6 Å². The third-order valence-corrected chi connectivity index (χ3v) is 3.77. The van der Waals surface area contributed by atoms with E-state index in [4.69, 9.17) is 4.74 Å². The first-order chi connectivity index (χ1) is 10.7. The molecule has 0 bridgehead atoms. The zero-order valence-corrected chi connectivity index (χ0v) is 12.1. The van der Waals surface area contributed by atoms with Crippen molar-refractivity contribution < 1.29 is 13.5 Å². The summed E-state index contributed by atoms with van der Waals surface area (Å²) in [4.78, 5) is 8.15. The van der Waals surface area contributed by atoms with E-state index in [0.29, 0.717) is 37.4 Å². The molecule has 4 nitrogen and oxygen atoms in total. The second-order valence-corrected chi connectivity index (χ2v) is 5.38. The SMILES string of the molecule is Fc1ccc(NCC2(F)CCOCC2)nc1-c1ccncc1. The fraction of sp³-hybridized carbons (Fsp3) is 0.375. The molecular weight excluding hydrogens is 288 g/mol. The number of nitrogens with zero attached hydrogens (tertiary/aromatic N) is 2. The van der Waals surface area contributed by atoms with Gasteiger partial charge in [-0.15, -0.1) is 0 Å². The molecule has 0 aromatic carbocycles. The van der Waals surface area contributed by atoms with Crippen molar-refractivity contribution >= 4 is 5.82 Å². The Kier molecular flexibility index (Phi) is 4.29. The van der Waals surface area contributed by atoms with Crippen LogP contribution < -0.4 is 5.32 Å². The van der Waals surface area contributed by atoms with Crippen molar-refractivity contribution in [2.24, 2.45) is 0 Å². The topological polar surface area (TPSA) is 47.0 Å². The van der Waals surface area contributed by atoms with Gasteiger partial charge in [-0.25, -0.2) is 13.8 Å². The molecule has 0 atom stereocenters. The zero-order chi connectivity index (χ0) is 15.4. The number of halogens is 2. The molecule has 1 aliphatic rings. The van der Waals surface area contributed by atoms with Gasteiger partial charge >= 0.3 is 0 Å². The molecule has 6 heteroatoms. The van der Waals surface area contributed by atoms with E-state index in [1.54, 1.807) is 24.5 Å². The Balaban J connectivity index is 1.75. The summed E-state index contributed by atoms with van der Waals surface area (Å²) in [6, 6.07) is 6.22. The molecule has 2 aromatic rings. The van der Waals surface area contributed by atoms with Gasteiger partial charge in [0.2, 0.25) is 0 Å². The van der Waals surface area contributed by atoms with E-state index in [0.717, 1.165) is 0 Å². The predicted molar refractivity (Wildman–Crippen MR) is 79.8 cm³/mol. The van der Waals surface area contributed by atoms with Crippen LogP contribution in [0, 0.1) is 5.82 Å². The van der Waals surface area contributed by atoms with E-state index in [1.807, 2.05) is 0 Å². The molecule has 0 amide bonds. The van der Waals surface area contributed by atoms with Crippen molar-refractivity contribution in [1.82, 2.24) is 9.97 Å². The van der Waals surface area contributed by atoms with Crippen LogP contribution in [0.5, 0.6) is 0 Å². The number of rotatable bonds is 4. The Morgan fingerprint density at radius 2 is 1.86 bits per heavy atom. The van der Waals surface area contributed by atoms with Crippen LogP contribution in [0.3, 0.4) is 0 Å². The van der Waals surface area contributed by atoms with Crippen LogP contribution in [0.25, 0.3) is 11.3 Å². The maximum absolute atomic E-state index is 14.5. The smallest absolute Gasteiger partial charge is 0.149 e. The van der Waals surface area contributed by atoms with Gasteiger partial charge in [0.15, 0.2) is 0 Å². The van der Waals surface area contributed by atoms with Crippen molar-refractivity contribution in [3.8, 4) is 11.3 Å². The molecular formula is C16H17F2N3O. The number of hydrogen-bond acceptors (Lipinski definition) is 4. The zero-order valence-electron chi connectivity index (χ0n) is 12.1. The summed E-state index contributed by atoms with van der Waals surface area (Å²) < 4.78 is 33.6. The lowest BCUT2D eigenvalue weighted by Crippen LogP contribution is -2.38. The lowest BCUT2D eigenvalue weighted by molar-refractivity contribution is -0.00118. The number of pyridine rings is 2. The van der Waals surface area contributed by atoms with Gasteiger partial charge in [-0.3, -0.25) is 4.98 Å². The molecule has 3 rings (SSSR count). The molecule has 1 saturated heterocycles. The molecule has 0 saturated carbocycles. The van der Waals surface area contributed by atoms with E-state index in [2.05, 4.69) is 15.3 Å². The van der Waals surface area contributed by atoms with Gasteiger partial charge < -0.3 is 10.1 Å². The summed E-state index contributed by atoms with van der Waals surface area (Å²) in [5.41, 5.74) is -0.435. The summed E-state index contributed by atoms with van der Waals surface area (Å²) >= 11 is 0. The average molecular weight is 305 g/mol. The highest BCUT2D eigenvalue weighted by molar-refractivity contribution is 5.61. The van der Waals surface area contributed by atoms with E-state index < -0.39 is 11.5 Å². The molecule has 0 aliphatic carbocycles. The van der Waals surface area contributed by atoms with Gasteiger partial charge in [0.05, 0.1) is 6.54 Å². The summed E-state index contributed by atoms with van der Waals surface area (Å²) in [6.07, 6.45) is 3.88. The summed E-state index contributed by atoms with van der Waals surface area (Å²) in [5, 5.41) is 2.97. The molecule has 1 fully saturated rings. The van der Waals surface area contributed by atoms with E-state index in [-0.39, 0.29) is 12.2 Å². The first kappa shape index (κ1) is 14.8. The largest absolute Gasteiger partial charge is 0.381 e. The van der Waals surface area contributed by atoms with Gasteiger partial charge in [-0.2, -0.15) is 0 Å². The van der Waals surface area contributed by atoms with E-state index >= 15 is 0 Å². The second-order valence-electron chi connectivity index (χ2n) is 5.38. The molecule has 0 spiro atoms. The fourth-order valence-corrected chi connectivity index (χ4v) is 2.42. The minimum atomic E-state index is -1.30. The Bertz CT molecular complexity index is 631. The van der Waals surface area contributed by atoms with E-state index in [1.165, 1.54) is 12.1 Å². The first-order valence-corrected chi connectivity index (χ1v) is 7.24. The lowest BCUT2D eigenvalue weighted by Gasteiger charge is -2.29. The van der Waals surface area contributed by atoms with Gasteiger partial charge in [-0.1, -0.05) is 0 Å². The van der Waals surface area contributed by atoms with Crippen LogP contribution in [0.1, 0.15) is 12.8 Å². The lowest BCUT2D eigenvalue weighted by atomic mass is 9.96. The molecule has 3 heterocycles. The third kappa shape index (κ3) is 3.39. The van der Waals surface area contributed by atoms with E-state index in [9.17, 15) is 8.78 Å². The Hall–Kier alpha value is -2.08. The predicted octanol–water partition coefficient (Wildman–Crippen LogP) is 3.21. The Morgan fingerprint density at radius 3 is 2.59 bits per heavy atom. The molecule has 0 radical (unpaired) electrons. The van der Waals surface area contributed by atoms with Crippen LogP contribution in [-0.2, 0) is 4.74 Å². The maximum atomic E-state index is 14.5. The van der Waals surface area contributed by atoms with Crippen LogP contribution in [-0.4, -0.2) is 35.4 Å². The number of alkyl halides is 1. The van der Waals surface area contributed by atoms with Crippen LogP contribution in [0.2, 0.25) is 0 Å². The Labute approximate surface area is 127 Å². The summed E-state index contributed by atoms with van der Waals surface area (Å²) in [6.45, 7) is 0.999. The Morgan fingerprint density at radius 1 is 1.14 bits per heavy atom. The highest BCUT2D eigenvalue weighted by atomic mass is 19.1. The number of aromatic nitrogens is 2. The minimum Gasteiger partial charge on any atom is -0.381 e. The fourth-order valence-electron chi connectivity index (χ4n) is 2.42. The number of nitrogens with one attached hydrogen (secondary N) is 1. The summed E-state index contributed by atoms with van der Waals surface area (Å²) in [5.74, 6) is 0.0366. The minimum absolute atomic E-state index is 0.144. The highest BCUT2D eigenvalue weighted by Gasteiger charge is 2.32. The second kappa shape index (κ2) is 6.36. The molecule has 1 N–H and O–H groups in total. The molecule has 2 aromatic heterocycles. The quantitative estimate of drug-likeness (QED) is 0.942. The molecule has 22 heavy (non-hydrogen) atoms. The van der Waals surface area contributed by atoms with Crippen molar-refractivity contribution in [1.29, 1.82) is 0 Å². The number of ether oxygens (including phenoxy) is 1. The van der Waals surface area contributed by atoms with Gasteiger partial charge in [0.1, 0.15) is 23.0 Å². The van der Waals surface area contributed by atoms with Crippen molar-refractivity contribution in [3.05, 3.63) is 42.5 Å². The highest BCUT2D eigenvalue weighted by Crippen LogP contribution is 2.26. The van der Waals surface area contributed by atoms with Crippen molar-refractivity contribution in [3.63, 3.8) is 0 Å². The maximum Gasteiger partial charge on any atom is 0.149 e. The van der Waals surface area contributed by atoms with Crippen LogP contribution >= 0.6 is 0 Å². The molecule has 116 valence electrons. The monoisotopic (exact) mass is 305 g/mol. The first-order valence-electron chi connectivity index (χ1n) is 7.24. The van der Waals surface area contributed by atoms with Crippen molar-refractivity contribution in [2.75, 3.05) is 25.1 Å². The van der Waals surface area contributed by atoms with Gasteiger partial charge in [-0.05, 0) is 24.3 Å². The third-order valence-electron chi connectivity index (χ3n) is 3.77. The van der Waals surface area contributed by atoms with Gasteiger partial charge in [0, 0.05) is 44.0 Å². The number of hydrogen-bond donors (Lipinski definition) is 1. The van der Waals surface area contributed by atoms with Crippen LogP contribution in [0.15, 0.2) is 36.7 Å². The number of anilines is 1. The van der Waals surface area contributed by atoms with Gasteiger partial charge in [0.25, 0.3) is 0 Å². The molecule has 0 unspecified atom stereocenters. The standard InChI is InChI=1S/C16H17F2N3O/c17-13-1-2-14(20-11-16(18)5-9-22-10-6-16)21-15(13)12-3-7-19-8-4-12/h1-4,7-8H,5-6,9-11H2,(H,20,21). The normalized spacial score (nSPS) is 17.2. The molecule has 1 aliphatic heterocycles. The summed E-state index contributed by atoms with van der Waals surface area (Å²) in [7, 11) is 0.